The second-order valence-electron chi connectivity index (χ2n) is 6.73. The van der Waals surface area contributed by atoms with Gasteiger partial charge in [0, 0.05) is 6.04 Å². The van der Waals surface area contributed by atoms with Crippen LogP contribution in [0.1, 0.15) is 18.4 Å². The smallest absolute Gasteiger partial charge is 0.237 e. The second kappa shape index (κ2) is 7.14. The third kappa shape index (κ3) is 4.49. The van der Waals surface area contributed by atoms with Crippen molar-refractivity contribution in [2.75, 3.05) is 23.0 Å². The van der Waals surface area contributed by atoms with Gasteiger partial charge in [-0.25, -0.2) is 30.7 Å². The van der Waals surface area contributed by atoms with Crippen molar-refractivity contribution >= 4 is 29.7 Å². The normalized spacial score (nSPS) is 26.8. The monoisotopic (exact) mass is 433 g/mol. The molecule has 0 aliphatic carbocycles. The summed E-state index contributed by atoms with van der Waals surface area (Å²) in [6, 6.07) is 5.82. The number of nitrogens with zero attached hydrogens (tertiary/aromatic N) is 2. The molecule has 0 spiro atoms. The Morgan fingerprint density at radius 3 is 2.30 bits per heavy atom. The third-order valence-electron chi connectivity index (χ3n) is 4.60. The average Bonchev–Trinajstić information content (AvgIpc) is 3.13. The minimum atomic E-state index is -4.18. The Kier molecular flexibility index (Phi) is 5.35. The van der Waals surface area contributed by atoms with Crippen LogP contribution >= 0.6 is 0 Å². The zero-order valence-electron chi connectivity index (χ0n) is 14.3. The van der Waals surface area contributed by atoms with Crippen LogP contribution in [0.5, 0.6) is 0 Å². The second-order valence-corrected chi connectivity index (χ2v) is 13.0. The molecule has 148 valence electrons. The minimum absolute atomic E-state index is 0.0502. The molecule has 3 rings (SSSR count). The largest absolute Gasteiger partial charge is 0.256 e. The maximum atomic E-state index is 13.2. The Bertz CT molecular complexity index is 1090. The Morgan fingerprint density at radius 2 is 1.74 bits per heavy atom. The fourth-order valence-corrected chi connectivity index (χ4v) is 8.32. The van der Waals surface area contributed by atoms with Crippen LogP contribution in [0.3, 0.4) is 0 Å². The van der Waals surface area contributed by atoms with Crippen molar-refractivity contribution < 1.29 is 25.3 Å². The lowest BCUT2D eigenvalue weighted by Gasteiger charge is -2.30. The molecular weight excluding hydrogens is 414 g/mol. The first-order valence-electron chi connectivity index (χ1n) is 8.24. The van der Waals surface area contributed by atoms with Gasteiger partial charge in [0.25, 0.3) is 10.0 Å². The van der Waals surface area contributed by atoms with Gasteiger partial charge in [-0.15, -0.1) is 4.41 Å². The zero-order chi connectivity index (χ0) is 19.9. The molecule has 0 radical (unpaired) electrons. The lowest BCUT2D eigenvalue weighted by atomic mass is 10.2. The Labute approximate surface area is 158 Å². The van der Waals surface area contributed by atoms with Crippen molar-refractivity contribution in [3.63, 3.8) is 0 Å². The van der Waals surface area contributed by atoms with Crippen LogP contribution in [0.4, 0.5) is 0 Å². The molecule has 0 saturated carbocycles. The van der Waals surface area contributed by atoms with Crippen LogP contribution in [0.2, 0.25) is 0 Å². The molecule has 27 heavy (non-hydrogen) atoms. The van der Waals surface area contributed by atoms with E-state index in [9.17, 15) is 25.3 Å². The number of sulfonamides is 1. The van der Waals surface area contributed by atoms with E-state index in [0.29, 0.717) is 0 Å². The topological polar surface area (TPSA) is 141 Å². The maximum Gasteiger partial charge on any atom is 0.256 e. The van der Waals surface area contributed by atoms with Crippen LogP contribution in [0.15, 0.2) is 29.2 Å². The highest BCUT2D eigenvalue weighted by Crippen LogP contribution is 2.25. The number of benzene rings is 1. The number of hydrogen-bond donors (Lipinski definition) is 1. The van der Waals surface area contributed by atoms with Gasteiger partial charge in [-0.05, 0) is 31.0 Å². The highest BCUT2D eigenvalue weighted by Gasteiger charge is 2.41. The molecule has 0 unspecified atom stereocenters. The molecule has 0 amide bonds. The van der Waals surface area contributed by atoms with E-state index >= 15 is 0 Å². The summed E-state index contributed by atoms with van der Waals surface area (Å²) in [5.74, 6) is -0.731. The summed E-state index contributed by atoms with van der Waals surface area (Å²) in [7, 11) is -10.8. The van der Waals surface area contributed by atoms with Gasteiger partial charge in [0.2, 0.25) is 0 Å². The number of hydrogen-bond acceptors (Lipinski definition) is 8. The van der Waals surface area contributed by atoms with Gasteiger partial charge in [0.1, 0.15) is 0 Å². The Hall–Kier alpha value is -1.52. The van der Waals surface area contributed by atoms with E-state index in [1.165, 1.54) is 24.3 Å². The van der Waals surface area contributed by atoms with Gasteiger partial charge in [-0.3, -0.25) is 0 Å². The predicted octanol–water partition coefficient (Wildman–Crippen LogP) is -0.572. The molecule has 1 aromatic rings. The SMILES string of the molecule is N#Cc1cccc(S(=O)(=O)N(N[C@@H]2CCS(=O)(=O)C2)[C@H]2CCS(=O)(=O)C2)c1. The van der Waals surface area contributed by atoms with Crippen molar-refractivity contribution in [2.45, 2.75) is 29.8 Å². The molecule has 0 aromatic heterocycles. The van der Waals surface area contributed by atoms with Crippen LogP contribution in [0.25, 0.3) is 0 Å². The first kappa shape index (κ1) is 20.2. The highest BCUT2D eigenvalue weighted by molar-refractivity contribution is 7.92. The highest BCUT2D eigenvalue weighted by atomic mass is 32.2. The van der Waals surface area contributed by atoms with E-state index in [-0.39, 0.29) is 46.3 Å². The van der Waals surface area contributed by atoms with Gasteiger partial charge in [0.05, 0.1) is 45.6 Å². The van der Waals surface area contributed by atoms with Gasteiger partial charge in [-0.1, -0.05) is 6.07 Å². The molecule has 1 N–H and O–H groups in total. The van der Waals surface area contributed by atoms with E-state index < -0.39 is 41.8 Å². The van der Waals surface area contributed by atoms with Crippen LogP contribution < -0.4 is 5.43 Å². The molecule has 2 aliphatic rings. The summed E-state index contributed by atoms with van der Waals surface area (Å²) < 4.78 is 74.3. The number of sulfone groups is 2. The molecule has 12 heteroatoms. The fourth-order valence-electron chi connectivity index (χ4n) is 3.25. The minimum Gasteiger partial charge on any atom is -0.237 e. The lowest BCUT2D eigenvalue weighted by Crippen LogP contribution is -2.54. The molecule has 2 aliphatic heterocycles. The third-order valence-corrected chi connectivity index (χ3v) is 9.89. The molecule has 2 atom stereocenters. The van der Waals surface area contributed by atoms with Crippen molar-refractivity contribution in [2.24, 2.45) is 0 Å². The standard InChI is InChI=1S/C15H19N3O6S3/c16-9-12-2-1-3-15(8-12)27(23,24)18(14-5-7-26(21,22)11-14)17-13-4-6-25(19,20)10-13/h1-3,8,13-14,17H,4-7,10-11H2/t13-,14+/m1/s1. The first-order chi connectivity index (χ1) is 12.5. The van der Waals surface area contributed by atoms with Crippen LogP contribution in [-0.2, 0) is 29.7 Å². The Morgan fingerprint density at radius 1 is 1.07 bits per heavy atom. The van der Waals surface area contributed by atoms with Crippen LogP contribution in [-0.4, -0.2) is 64.8 Å². The number of rotatable bonds is 5. The predicted molar refractivity (Wildman–Crippen MR) is 97.4 cm³/mol. The summed E-state index contributed by atoms with van der Waals surface area (Å²) in [5.41, 5.74) is 2.90. The van der Waals surface area contributed by atoms with Crippen molar-refractivity contribution in [3.05, 3.63) is 29.8 Å². The van der Waals surface area contributed by atoms with E-state index in [4.69, 9.17) is 5.26 Å². The van der Waals surface area contributed by atoms with Crippen molar-refractivity contribution in [3.8, 4) is 6.07 Å². The average molecular weight is 434 g/mol. The van der Waals surface area contributed by atoms with E-state index in [0.717, 1.165) is 4.41 Å². The number of nitrogens with one attached hydrogen (secondary N) is 1. The lowest BCUT2D eigenvalue weighted by molar-refractivity contribution is 0.229. The quantitative estimate of drug-likeness (QED) is 0.608. The molecular formula is C15H19N3O6S3. The van der Waals surface area contributed by atoms with Gasteiger partial charge in [0.15, 0.2) is 19.7 Å². The summed E-state index contributed by atoms with van der Waals surface area (Å²) in [6.07, 6.45) is 0.359. The summed E-state index contributed by atoms with van der Waals surface area (Å²) in [6.45, 7) is 0. The van der Waals surface area contributed by atoms with Gasteiger partial charge < -0.3 is 0 Å². The summed E-state index contributed by atoms with van der Waals surface area (Å²) in [5, 5.41) is 9.01. The van der Waals surface area contributed by atoms with E-state index in [1.807, 2.05) is 6.07 Å². The molecule has 2 saturated heterocycles. The summed E-state index contributed by atoms with van der Waals surface area (Å²) in [4.78, 5) is -0.154. The molecule has 0 bridgehead atoms. The molecule has 1 aromatic carbocycles. The van der Waals surface area contributed by atoms with Gasteiger partial charge >= 0.3 is 0 Å². The number of hydrazine groups is 1. The molecule has 2 fully saturated rings. The van der Waals surface area contributed by atoms with Crippen molar-refractivity contribution in [1.29, 1.82) is 5.26 Å². The van der Waals surface area contributed by atoms with Gasteiger partial charge in [-0.2, -0.15) is 5.26 Å². The molecule has 9 nitrogen and oxygen atoms in total. The van der Waals surface area contributed by atoms with Crippen molar-refractivity contribution in [1.82, 2.24) is 9.84 Å². The van der Waals surface area contributed by atoms with E-state index in [2.05, 4.69) is 5.43 Å². The Balaban J connectivity index is 1.97. The maximum absolute atomic E-state index is 13.2. The summed E-state index contributed by atoms with van der Waals surface area (Å²) >= 11 is 0. The van der Waals surface area contributed by atoms with Crippen LogP contribution in [0, 0.1) is 11.3 Å². The first-order valence-corrected chi connectivity index (χ1v) is 13.3. The zero-order valence-corrected chi connectivity index (χ0v) is 16.7. The molecule has 2 heterocycles. The fraction of sp³-hybridized carbons (Fsp3) is 0.533. The van der Waals surface area contributed by atoms with E-state index in [1.54, 1.807) is 0 Å². The number of nitriles is 1.